The number of carbonyl (C=O) groups excluding carboxylic acids is 1. The molecule has 1 atom stereocenters. The molecule has 6 nitrogen and oxygen atoms in total. The number of likely N-dealkylation sites (tertiary alicyclic amines) is 1. The standard InChI is InChI=1S/C22H24N4O2/c27-20(14-16-4-2-1-3-5-16)17-10-12-26(13-11-17)22(28)19-8-6-18(7-9-19)21-23-15-24-25-21/h1-9,15,17,20,27H,10-14H2,(H,23,24,25)/t20-/m0/s1. The van der Waals surface area contributed by atoms with Crippen molar-refractivity contribution in [2.75, 3.05) is 13.1 Å². The number of aromatic nitrogens is 3. The Bertz CT molecular complexity index is 886. The van der Waals surface area contributed by atoms with Crippen molar-refractivity contribution < 1.29 is 9.90 Å². The molecule has 0 aliphatic carbocycles. The molecule has 0 bridgehead atoms. The molecule has 144 valence electrons. The first-order chi connectivity index (χ1) is 13.7. The summed E-state index contributed by atoms with van der Waals surface area (Å²) in [5, 5.41) is 17.2. The van der Waals surface area contributed by atoms with Gasteiger partial charge in [-0.05, 0) is 42.9 Å². The van der Waals surface area contributed by atoms with Gasteiger partial charge in [0, 0.05) is 24.2 Å². The molecule has 2 heterocycles. The van der Waals surface area contributed by atoms with Crippen LogP contribution in [0.25, 0.3) is 11.4 Å². The maximum atomic E-state index is 12.8. The van der Waals surface area contributed by atoms with Crippen LogP contribution in [0.5, 0.6) is 0 Å². The van der Waals surface area contributed by atoms with Gasteiger partial charge in [0.1, 0.15) is 6.33 Å². The third kappa shape index (κ3) is 4.12. The van der Waals surface area contributed by atoms with E-state index in [1.807, 2.05) is 59.5 Å². The van der Waals surface area contributed by atoms with Crippen molar-refractivity contribution in [1.82, 2.24) is 20.1 Å². The monoisotopic (exact) mass is 376 g/mol. The number of aliphatic hydroxyl groups is 1. The Balaban J connectivity index is 1.32. The first-order valence-electron chi connectivity index (χ1n) is 9.68. The van der Waals surface area contributed by atoms with Crippen molar-refractivity contribution in [2.45, 2.75) is 25.4 Å². The molecule has 1 amide bonds. The average Bonchev–Trinajstić information content (AvgIpc) is 3.29. The van der Waals surface area contributed by atoms with Gasteiger partial charge in [-0.2, -0.15) is 5.10 Å². The number of hydrogen-bond acceptors (Lipinski definition) is 4. The van der Waals surface area contributed by atoms with Crippen LogP contribution in [0.4, 0.5) is 0 Å². The lowest BCUT2D eigenvalue weighted by molar-refractivity contribution is 0.0467. The molecule has 0 unspecified atom stereocenters. The zero-order chi connectivity index (χ0) is 19.3. The number of hydrogen-bond donors (Lipinski definition) is 2. The number of nitrogens with one attached hydrogen (secondary N) is 1. The fourth-order valence-electron chi connectivity index (χ4n) is 3.81. The summed E-state index contributed by atoms with van der Waals surface area (Å²) in [4.78, 5) is 18.8. The van der Waals surface area contributed by atoms with E-state index in [1.54, 1.807) is 0 Å². The molecular formula is C22H24N4O2. The minimum Gasteiger partial charge on any atom is -0.392 e. The minimum atomic E-state index is -0.360. The molecule has 0 radical (unpaired) electrons. The largest absolute Gasteiger partial charge is 0.392 e. The molecule has 1 aromatic heterocycles. The Morgan fingerprint density at radius 2 is 1.82 bits per heavy atom. The van der Waals surface area contributed by atoms with Gasteiger partial charge < -0.3 is 10.0 Å². The van der Waals surface area contributed by atoms with E-state index >= 15 is 0 Å². The molecule has 4 rings (SSSR count). The average molecular weight is 376 g/mol. The van der Waals surface area contributed by atoms with Gasteiger partial charge in [-0.15, -0.1) is 0 Å². The Morgan fingerprint density at radius 3 is 2.46 bits per heavy atom. The summed E-state index contributed by atoms with van der Waals surface area (Å²) in [5.41, 5.74) is 2.73. The van der Waals surface area contributed by atoms with Gasteiger partial charge in [-0.3, -0.25) is 9.89 Å². The van der Waals surface area contributed by atoms with E-state index in [1.165, 1.54) is 6.33 Å². The Hall–Kier alpha value is -2.99. The molecule has 28 heavy (non-hydrogen) atoms. The van der Waals surface area contributed by atoms with E-state index in [-0.39, 0.29) is 17.9 Å². The second-order valence-corrected chi connectivity index (χ2v) is 7.30. The lowest BCUT2D eigenvalue weighted by atomic mass is 9.87. The molecule has 1 aliphatic rings. The molecular weight excluding hydrogens is 352 g/mol. The van der Waals surface area contributed by atoms with Crippen molar-refractivity contribution in [3.8, 4) is 11.4 Å². The third-order valence-corrected chi connectivity index (χ3v) is 5.48. The van der Waals surface area contributed by atoms with Crippen LogP contribution in [0.15, 0.2) is 60.9 Å². The Morgan fingerprint density at radius 1 is 1.11 bits per heavy atom. The Kier molecular flexibility index (Phi) is 5.48. The fraction of sp³-hybridized carbons (Fsp3) is 0.318. The van der Waals surface area contributed by atoms with Crippen LogP contribution in [0.2, 0.25) is 0 Å². The van der Waals surface area contributed by atoms with Gasteiger partial charge in [0.05, 0.1) is 6.10 Å². The first-order valence-corrected chi connectivity index (χ1v) is 9.68. The highest BCUT2D eigenvalue weighted by Gasteiger charge is 2.28. The quantitative estimate of drug-likeness (QED) is 0.717. The van der Waals surface area contributed by atoms with Gasteiger partial charge in [-0.1, -0.05) is 42.5 Å². The van der Waals surface area contributed by atoms with E-state index in [2.05, 4.69) is 15.2 Å². The minimum absolute atomic E-state index is 0.0418. The van der Waals surface area contributed by atoms with Crippen LogP contribution in [-0.2, 0) is 6.42 Å². The fourth-order valence-corrected chi connectivity index (χ4v) is 3.81. The summed E-state index contributed by atoms with van der Waals surface area (Å²) in [7, 11) is 0. The number of nitrogens with zero attached hydrogens (tertiary/aromatic N) is 3. The summed E-state index contributed by atoms with van der Waals surface area (Å²) >= 11 is 0. The van der Waals surface area contributed by atoms with Crippen LogP contribution in [-0.4, -0.2) is 50.3 Å². The predicted molar refractivity (Wildman–Crippen MR) is 107 cm³/mol. The molecule has 1 saturated heterocycles. The molecule has 3 aromatic rings. The van der Waals surface area contributed by atoms with Gasteiger partial charge in [-0.25, -0.2) is 4.98 Å². The van der Waals surface area contributed by atoms with Crippen LogP contribution in [0, 0.1) is 5.92 Å². The summed E-state index contributed by atoms with van der Waals surface area (Å²) in [6.45, 7) is 1.36. The maximum Gasteiger partial charge on any atom is 0.253 e. The van der Waals surface area contributed by atoms with Gasteiger partial charge >= 0.3 is 0 Å². The van der Waals surface area contributed by atoms with Crippen molar-refractivity contribution in [3.63, 3.8) is 0 Å². The highest BCUT2D eigenvalue weighted by molar-refractivity contribution is 5.94. The van der Waals surface area contributed by atoms with Crippen LogP contribution in [0.1, 0.15) is 28.8 Å². The third-order valence-electron chi connectivity index (χ3n) is 5.48. The molecule has 1 aliphatic heterocycles. The summed E-state index contributed by atoms with van der Waals surface area (Å²) < 4.78 is 0. The van der Waals surface area contributed by atoms with Crippen molar-refractivity contribution in [2.24, 2.45) is 5.92 Å². The van der Waals surface area contributed by atoms with Gasteiger partial charge in [0.25, 0.3) is 5.91 Å². The SMILES string of the molecule is O=C(c1ccc(-c2ncn[nH]2)cc1)N1CCC([C@@H](O)Cc2ccccc2)CC1. The van der Waals surface area contributed by atoms with E-state index in [0.29, 0.717) is 30.9 Å². The van der Waals surface area contributed by atoms with E-state index < -0.39 is 0 Å². The lowest BCUT2D eigenvalue weighted by Crippen LogP contribution is -2.41. The van der Waals surface area contributed by atoms with Crippen LogP contribution < -0.4 is 0 Å². The summed E-state index contributed by atoms with van der Waals surface area (Å²) in [6, 6.07) is 17.5. The molecule has 2 N–H and O–H groups in total. The lowest BCUT2D eigenvalue weighted by Gasteiger charge is -2.34. The zero-order valence-corrected chi connectivity index (χ0v) is 15.7. The number of aliphatic hydroxyl groups excluding tert-OH is 1. The number of benzene rings is 2. The molecule has 6 heteroatoms. The van der Waals surface area contributed by atoms with Gasteiger partial charge in [0.2, 0.25) is 0 Å². The normalized spacial score (nSPS) is 16.1. The second-order valence-electron chi connectivity index (χ2n) is 7.30. The van der Waals surface area contributed by atoms with E-state index in [0.717, 1.165) is 24.0 Å². The smallest absolute Gasteiger partial charge is 0.253 e. The maximum absolute atomic E-state index is 12.8. The molecule has 2 aromatic carbocycles. The van der Waals surface area contributed by atoms with Crippen molar-refractivity contribution in [3.05, 3.63) is 72.1 Å². The predicted octanol–water partition coefficient (Wildman–Crippen LogP) is 2.93. The topological polar surface area (TPSA) is 82.1 Å². The molecule has 0 saturated carbocycles. The zero-order valence-electron chi connectivity index (χ0n) is 15.7. The number of rotatable bonds is 5. The number of carbonyl (C=O) groups is 1. The molecule has 0 spiro atoms. The summed E-state index contributed by atoms with van der Waals surface area (Å²) in [6.07, 6.45) is 3.43. The van der Waals surface area contributed by atoms with Crippen LogP contribution in [0.3, 0.4) is 0 Å². The number of amides is 1. The van der Waals surface area contributed by atoms with Crippen LogP contribution >= 0.6 is 0 Å². The van der Waals surface area contributed by atoms with Crippen molar-refractivity contribution in [1.29, 1.82) is 0 Å². The Labute approximate surface area is 164 Å². The summed E-state index contributed by atoms with van der Waals surface area (Å²) in [5.74, 6) is 0.963. The first kappa shape index (κ1) is 18.4. The highest BCUT2D eigenvalue weighted by atomic mass is 16.3. The van der Waals surface area contributed by atoms with Gasteiger partial charge in [0.15, 0.2) is 5.82 Å². The van der Waals surface area contributed by atoms with Crippen molar-refractivity contribution >= 4 is 5.91 Å². The number of H-pyrrole nitrogens is 1. The number of aromatic amines is 1. The second kappa shape index (κ2) is 8.35. The molecule has 1 fully saturated rings. The van der Waals surface area contributed by atoms with E-state index in [4.69, 9.17) is 0 Å². The number of piperidine rings is 1. The van der Waals surface area contributed by atoms with E-state index in [9.17, 15) is 9.90 Å². The highest BCUT2D eigenvalue weighted by Crippen LogP contribution is 2.24.